The van der Waals surface area contributed by atoms with Crippen molar-refractivity contribution < 1.29 is 14.3 Å². The lowest BCUT2D eigenvalue weighted by atomic mass is 10.1. The molecule has 2 aliphatic rings. The van der Waals surface area contributed by atoms with Crippen LogP contribution in [0.4, 0.5) is 4.79 Å². The summed E-state index contributed by atoms with van der Waals surface area (Å²) >= 11 is 0. The van der Waals surface area contributed by atoms with Gasteiger partial charge in [-0.3, -0.25) is 4.79 Å². The van der Waals surface area contributed by atoms with Gasteiger partial charge in [0.05, 0.1) is 5.92 Å². The van der Waals surface area contributed by atoms with Crippen LogP contribution in [0.5, 0.6) is 0 Å². The van der Waals surface area contributed by atoms with Gasteiger partial charge in [0.15, 0.2) is 0 Å². The van der Waals surface area contributed by atoms with E-state index in [1.807, 2.05) is 6.92 Å². The lowest BCUT2D eigenvalue weighted by Gasteiger charge is -2.30. The predicted octanol–water partition coefficient (Wildman–Crippen LogP) is 1.13. The molecule has 0 radical (unpaired) electrons. The fourth-order valence-electron chi connectivity index (χ4n) is 2.49. The molecule has 0 aromatic rings. The van der Waals surface area contributed by atoms with E-state index in [-0.39, 0.29) is 17.9 Å². The van der Waals surface area contributed by atoms with Crippen molar-refractivity contribution >= 4 is 12.1 Å². The van der Waals surface area contributed by atoms with Crippen LogP contribution in [0.1, 0.15) is 32.6 Å². The highest BCUT2D eigenvalue weighted by atomic mass is 16.6. The molecule has 1 aliphatic heterocycles. The van der Waals surface area contributed by atoms with Gasteiger partial charge in [-0.1, -0.05) is 12.8 Å². The zero-order chi connectivity index (χ0) is 12.3. The molecule has 0 spiro atoms. The van der Waals surface area contributed by atoms with Crippen molar-refractivity contribution in [3.63, 3.8) is 0 Å². The Morgan fingerprint density at radius 3 is 2.65 bits per heavy atom. The Balaban J connectivity index is 1.81. The van der Waals surface area contributed by atoms with Gasteiger partial charge in [-0.05, 0) is 19.8 Å². The smallest absolute Gasteiger partial charge is 0.376 e. The van der Waals surface area contributed by atoms with Crippen LogP contribution in [-0.2, 0) is 9.53 Å². The van der Waals surface area contributed by atoms with E-state index in [2.05, 4.69) is 5.32 Å². The maximum atomic E-state index is 11.8. The van der Waals surface area contributed by atoms with E-state index in [1.165, 1.54) is 0 Å². The first-order valence-electron chi connectivity index (χ1n) is 6.41. The molecule has 1 atom stereocenters. The third-order valence-electron chi connectivity index (χ3n) is 3.50. The third-order valence-corrected chi connectivity index (χ3v) is 3.50. The minimum absolute atomic E-state index is 0.0562. The van der Waals surface area contributed by atoms with Gasteiger partial charge < -0.3 is 15.0 Å². The number of nitrogens with one attached hydrogen (secondary N) is 1. The second-order valence-electron chi connectivity index (χ2n) is 4.97. The highest BCUT2D eigenvalue weighted by molar-refractivity contribution is 5.86. The van der Waals surface area contributed by atoms with Gasteiger partial charge in [-0.2, -0.15) is 0 Å². The first-order chi connectivity index (χ1) is 8.16. The van der Waals surface area contributed by atoms with Crippen LogP contribution in [0.25, 0.3) is 0 Å². The maximum Gasteiger partial charge on any atom is 0.417 e. The number of carbonyl (C=O) groups excluding carboxylic acids is 2. The summed E-state index contributed by atoms with van der Waals surface area (Å²) < 4.78 is 4.94. The van der Waals surface area contributed by atoms with Gasteiger partial charge in [0.1, 0.15) is 0 Å². The van der Waals surface area contributed by atoms with Crippen LogP contribution in [0.15, 0.2) is 0 Å². The largest absolute Gasteiger partial charge is 0.417 e. The fraction of sp³-hybridized carbons (Fsp3) is 0.833. The molecule has 0 bridgehead atoms. The summed E-state index contributed by atoms with van der Waals surface area (Å²) in [5, 5.41) is 3.24. The molecule has 0 aromatic carbocycles. The Hall–Kier alpha value is -1.10. The van der Waals surface area contributed by atoms with E-state index < -0.39 is 6.09 Å². The second kappa shape index (κ2) is 5.49. The minimum atomic E-state index is -0.477. The predicted molar refractivity (Wildman–Crippen MR) is 62.5 cm³/mol. The molecule has 1 heterocycles. The minimum Gasteiger partial charge on any atom is -0.376 e. The van der Waals surface area contributed by atoms with Gasteiger partial charge in [0.2, 0.25) is 0 Å². The summed E-state index contributed by atoms with van der Waals surface area (Å²) in [7, 11) is 0. The Kier molecular flexibility index (Phi) is 3.99. The van der Waals surface area contributed by atoms with Crippen LogP contribution < -0.4 is 5.32 Å². The number of ether oxygens (including phenoxy) is 1. The summed E-state index contributed by atoms with van der Waals surface area (Å²) in [6.45, 7) is 3.99. The van der Waals surface area contributed by atoms with Crippen molar-refractivity contribution in [3.05, 3.63) is 0 Å². The van der Waals surface area contributed by atoms with Crippen LogP contribution in [0.2, 0.25) is 0 Å². The number of rotatable bonds is 1. The summed E-state index contributed by atoms with van der Waals surface area (Å²) in [6, 6.07) is 0.262. The quantitative estimate of drug-likeness (QED) is 0.551. The van der Waals surface area contributed by atoms with Crippen molar-refractivity contribution in [1.29, 1.82) is 0 Å². The summed E-state index contributed by atoms with van der Waals surface area (Å²) in [4.78, 5) is 25.1. The second-order valence-corrected chi connectivity index (χ2v) is 4.97. The molecular formula is C12H20N2O3. The van der Waals surface area contributed by atoms with Crippen molar-refractivity contribution in [2.24, 2.45) is 5.92 Å². The molecular weight excluding hydrogens is 220 g/mol. The van der Waals surface area contributed by atoms with E-state index in [9.17, 15) is 9.59 Å². The van der Waals surface area contributed by atoms with E-state index in [0.717, 1.165) is 32.2 Å². The number of esters is 1. The SMILES string of the molecule is CC1CN(C(=O)OC(=O)C2CCCC2)CCN1. The molecule has 1 saturated heterocycles. The molecule has 0 aromatic heterocycles. The zero-order valence-corrected chi connectivity index (χ0v) is 10.3. The molecule has 1 saturated carbocycles. The molecule has 96 valence electrons. The summed E-state index contributed by atoms with van der Waals surface area (Å²) in [5.74, 6) is -0.391. The van der Waals surface area contributed by atoms with E-state index in [1.54, 1.807) is 4.90 Å². The number of amides is 1. The molecule has 5 nitrogen and oxygen atoms in total. The molecule has 1 unspecified atom stereocenters. The van der Waals surface area contributed by atoms with E-state index >= 15 is 0 Å². The molecule has 1 aliphatic carbocycles. The highest BCUT2D eigenvalue weighted by Gasteiger charge is 2.29. The number of hydrogen-bond acceptors (Lipinski definition) is 4. The van der Waals surface area contributed by atoms with Crippen LogP contribution in [0.3, 0.4) is 0 Å². The first-order valence-corrected chi connectivity index (χ1v) is 6.41. The molecule has 17 heavy (non-hydrogen) atoms. The lowest BCUT2D eigenvalue weighted by molar-refractivity contribution is -0.142. The average Bonchev–Trinajstić information content (AvgIpc) is 2.82. The van der Waals surface area contributed by atoms with Gasteiger partial charge >= 0.3 is 12.1 Å². The standard InChI is InChI=1S/C12H20N2O3/c1-9-8-14(7-6-13-9)12(16)17-11(15)10-4-2-3-5-10/h9-10,13H,2-8H2,1H3. The molecule has 5 heteroatoms. The van der Waals surface area contributed by atoms with Gasteiger partial charge in [-0.25, -0.2) is 4.79 Å². The number of nitrogens with zero attached hydrogens (tertiary/aromatic N) is 1. The van der Waals surface area contributed by atoms with Crippen molar-refractivity contribution in [2.45, 2.75) is 38.6 Å². The monoisotopic (exact) mass is 240 g/mol. The van der Waals surface area contributed by atoms with E-state index in [4.69, 9.17) is 4.74 Å². The fourth-order valence-corrected chi connectivity index (χ4v) is 2.49. The van der Waals surface area contributed by atoms with Crippen LogP contribution in [0, 0.1) is 5.92 Å². The van der Waals surface area contributed by atoms with Gasteiger partial charge in [0, 0.05) is 25.7 Å². The number of carbonyl (C=O) groups is 2. The normalized spacial score (nSPS) is 25.9. The molecule has 2 fully saturated rings. The van der Waals surface area contributed by atoms with E-state index in [0.29, 0.717) is 13.1 Å². The van der Waals surface area contributed by atoms with Crippen LogP contribution in [-0.4, -0.2) is 42.6 Å². The first kappa shape index (κ1) is 12.4. The highest BCUT2D eigenvalue weighted by Crippen LogP contribution is 2.25. The van der Waals surface area contributed by atoms with Gasteiger partial charge in [0.25, 0.3) is 0 Å². The Morgan fingerprint density at radius 1 is 1.29 bits per heavy atom. The average molecular weight is 240 g/mol. The van der Waals surface area contributed by atoms with Crippen molar-refractivity contribution in [3.8, 4) is 0 Å². The lowest BCUT2D eigenvalue weighted by Crippen LogP contribution is -2.51. The number of hydrogen-bond donors (Lipinski definition) is 1. The maximum absolute atomic E-state index is 11.8. The topological polar surface area (TPSA) is 58.6 Å². The number of piperazine rings is 1. The van der Waals surface area contributed by atoms with Crippen molar-refractivity contribution in [2.75, 3.05) is 19.6 Å². The molecule has 1 amide bonds. The Morgan fingerprint density at radius 2 is 2.00 bits per heavy atom. The summed E-state index contributed by atoms with van der Waals surface area (Å²) in [5.41, 5.74) is 0. The Labute approximate surface area is 101 Å². The zero-order valence-electron chi connectivity index (χ0n) is 10.3. The third kappa shape index (κ3) is 3.19. The van der Waals surface area contributed by atoms with Crippen LogP contribution >= 0.6 is 0 Å². The summed E-state index contributed by atoms with van der Waals surface area (Å²) in [6.07, 6.45) is 3.39. The van der Waals surface area contributed by atoms with Crippen molar-refractivity contribution in [1.82, 2.24) is 10.2 Å². The molecule has 2 rings (SSSR count). The van der Waals surface area contributed by atoms with Gasteiger partial charge in [-0.15, -0.1) is 0 Å². The Bertz CT molecular complexity index is 300. The molecule has 1 N–H and O–H groups in total.